The quantitative estimate of drug-likeness (QED) is 0.394. The van der Waals surface area contributed by atoms with E-state index < -0.39 is 0 Å². The number of fused-ring (bicyclic) bond motifs is 4. The van der Waals surface area contributed by atoms with Crippen LogP contribution in [0.2, 0.25) is 0 Å². The number of pyridine rings is 2. The van der Waals surface area contributed by atoms with E-state index in [0.29, 0.717) is 6.54 Å². The lowest BCUT2D eigenvalue weighted by atomic mass is 9.97. The van der Waals surface area contributed by atoms with Crippen LogP contribution in [0.3, 0.4) is 0 Å². The van der Waals surface area contributed by atoms with Crippen molar-refractivity contribution in [2.75, 3.05) is 0 Å². The molecule has 0 radical (unpaired) electrons. The Morgan fingerprint density at radius 1 is 0.971 bits per heavy atom. The molecule has 168 valence electrons. The second kappa shape index (κ2) is 7.90. The van der Waals surface area contributed by atoms with Crippen molar-refractivity contribution >= 4 is 27.9 Å². The van der Waals surface area contributed by atoms with Crippen LogP contribution in [0.1, 0.15) is 17.4 Å². The summed E-state index contributed by atoms with van der Waals surface area (Å²) in [5.74, 6) is 0.792. The average Bonchev–Trinajstić information content (AvgIpc) is 3.63. The van der Waals surface area contributed by atoms with Gasteiger partial charge >= 0.3 is 4.80 Å². The van der Waals surface area contributed by atoms with Crippen molar-refractivity contribution in [3.05, 3.63) is 107 Å². The fraction of sp³-hybridized carbons (Fsp3) is 0.0741. The van der Waals surface area contributed by atoms with Crippen molar-refractivity contribution in [3.8, 4) is 22.4 Å². The van der Waals surface area contributed by atoms with E-state index >= 15 is 0 Å². The molecule has 4 aromatic heterocycles. The maximum atomic E-state index is 5.81. The van der Waals surface area contributed by atoms with Crippen molar-refractivity contribution in [1.29, 1.82) is 0 Å². The maximum Gasteiger partial charge on any atom is 0.382 e. The minimum absolute atomic E-state index is 0.170. The normalized spacial score (nSPS) is 14.7. The van der Waals surface area contributed by atoms with Crippen LogP contribution in [-0.4, -0.2) is 19.6 Å². The Kier molecular flexibility index (Phi) is 4.54. The summed E-state index contributed by atoms with van der Waals surface area (Å²) in [7, 11) is 0. The van der Waals surface area contributed by atoms with E-state index in [9.17, 15) is 0 Å². The van der Waals surface area contributed by atoms with Crippen LogP contribution in [-0.2, 0) is 6.54 Å². The summed E-state index contributed by atoms with van der Waals surface area (Å²) in [5.41, 5.74) is 12.7. The standard InChI is InChI=1S/C27H20N7S/c28-15-17-6-8-19(9-7-17)24-20(18-4-2-1-3-5-18)14-21-22(29-24)10-11-34-25(21)31-32-26(34)23-16-33-12-13-35-27(33)30-23/h1-14,16,23H,15,28H2/q+1. The van der Waals surface area contributed by atoms with E-state index in [0.717, 1.165) is 55.1 Å². The van der Waals surface area contributed by atoms with Crippen molar-refractivity contribution in [2.24, 2.45) is 10.7 Å². The van der Waals surface area contributed by atoms with Gasteiger partial charge in [0.15, 0.2) is 11.5 Å². The SMILES string of the molecule is NCc1ccc(-c2nc3ccn4c(C5C=[n+]6ccsc6=N5)nnc4c3cc2-c2ccccc2)cc1. The molecular formula is C27H20N7S+. The molecule has 2 N–H and O–H groups in total. The Morgan fingerprint density at radius 3 is 2.63 bits per heavy atom. The molecule has 0 fully saturated rings. The zero-order valence-corrected chi connectivity index (χ0v) is 19.4. The highest BCUT2D eigenvalue weighted by Crippen LogP contribution is 2.35. The van der Waals surface area contributed by atoms with Gasteiger partial charge in [0.25, 0.3) is 6.04 Å². The summed E-state index contributed by atoms with van der Waals surface area (Å²) in [5, 5.41) is 12.1. The van der Waals surface area contributed by atoms with Crippen LogP contribution >= 0.6 is 11.3 Å². The molecule has 0 amide bonds. The zero-order chi connectivity index (χ0) is 23.4. The van der Waals surface area contributed by atoms with Crippen LogP contribution < -0.4 is 14.8 Å². The lowest BCUT2D eigenvalue weighted by Crippen LogP contribution is -2.27. The van der Waals surface area contributed by atoms with Crippen molar-refractivity contribution in [1.82, 2.24) is 19.6 Å². The molecule has 0 aliphatic carbocycles. The van der Waals surface area contributed by atoms with Crippen LogP contribution in [0.4, 0.5) is 0 Å². The Labute approximate surface area is 204 Å². The number of rotatable bonds is 4. The predicted octanol–water partition coefficient (Wildman–Crippen LogP) is 3.80. The number of thiazole rings is 1. The van der Waals surface area contributed by atoms with E-state index in [1.54, 1.807) is 11.3 Å². The van der Waals surface area contributed by atoms with Gasteiger partial charge in [-0.2, -0.15) is 4.24 Å². The predicted molar refractivity (Wildman–Crippen MR) is 135 cm³/mol. The van der Waals surface area contributed by atoms with Gasteiger partial charge < -0.3 is 5.73 Å². The second-order valence-corrected chi connectivity index (χ2v) is 9.34. The molecule has 1 aliphatic heterocycles. The molecule has 1 unspecified atom stereocenters. The molecule has 5 heterocycles. The molecule has 0 saturated carbocycles. The molecule has 6 aromatic rings. The number of nitrogens with two attached hydrogens (primary N) is 1. The van der Waals surface area contributed by atoms with Crippen LogP contribution in [0.5, 0.6) is 0 Å². The van der Waals surface area contributed by atoms with E-state index in [-0.39, 0.29) is 6.04 Å². The van der Waals surface area contributed by atoms with E-state index in [2.05, 4.69) is 58.9 Å². The molecule has 0 saturated heterocycles. The van der Waals surface area contributed by atoms with Gasteiger partial charge in [0, 0.05) is 34.6 Å². The molecule has 2 aromatic carbocycles. The molecule has 8 heteroatoms. The maximum absolute atomic E-state index is 5.81. The fourth-order valence-electron chi connectivity index (χ4n) is 4.59. The van der Waals surface area contributed by atoms with E-state index in [4.69, 9.17) is 15.7 Å². The van der Waals surface area contributed by atoms with Crippen molar-refractivity contribution < 1.29 is 4.24 Å². The third-order valence-corrected chi connectivity index (χ3v) is 7.16. The van der Waals surface area contributed by atoms with Gasteiger partial charge in [0.1, 0.15) is 12.4 Å². The Hall–Kier alpha value is -4.27. The molecule has 0 bridgehead atoms. The van der Waals surface area contributed by atoms with Gasteiger partial charge in [0.2, 0.25) is 0 Å². The lowest BCUT2D eigenvalue weighted by molar-refractivity contribution is -0.516. The van der Waals surface area contributed by atoms with Crippen molar-refractivity contribution in [3.63, 3.8) is 0 Å². The molecular weight excluding hydrogens is 454 g/mol. The number of hydrogen-bond donors (Lipinski definition) is 1. The Bertz CT molecular complexity index is 1810. The molecule has 0 spiro atoms. The fourth-order valence-corrected chi connectivity index (χ4v) is 5.32. The summed E-state index contributed by atoms with van der Waals surface area (Å²) in [6.45, 7) is 0.515. The second-order valence-electron chi connectivity index (χ2n) is 8.47. The van der Waals surface area contributed by atoms with Gasteiger partial charge in [-0.05, 0) is 23.3 Å². The molecule has 1 atom stereocenters. The lowest BCUT2D eigenvalue weighted by Gasteiger charge is -2.12. The number of benzene rings is 2. The Morgan fingerprint density at radius 2 is 1.83 bits per heavy atom. The van der Waals surface area contributed by atoms with Gasteiger partial charge in [-0.15, -0.1) is 10.2 Å². The van der Waals surface area contributed by atoms with Crippen LogP contribution in [0, 0.1) is 6.21 Å². The highest BCUT2D eigenvalue weighted by Gasteiger charge is 2.27. The van der Waals surface area contributed by atoms with E-state index in [1.165, 1.54) is 0 Å². The van der Waals surface area contributed by atoms with Crippen LogP contribution in [0.25, 0.3) is 38.9 Å². The number of hydrogen-bond acceptors (Lipinski definition) is 6. The van der Waals surface area contributed by atoms with Gasteiger partial charge in [-0.25, -0.2) is 4.98 Å². The average molecular weight is 475 g/mol. The smallest absolute Gasteiger partial charge is 0.326 e. The minimum Gasteiger partial charge on any atom is -0.326 e. The number of aromatic nitrogens is 5. The summed E-state index contributed by atoms with van der Waals surface area (Å²) in [6, 6.07) is 22.7. The first-order valence-electron chi connectivity index (χ1n) is 11.4. The monoisotopic (exact) mass is 474 g/mol. The van der Waals surface area contributed by atoms with E-state index in [1.807, 2.05) is 50.7 Å². The third-order valence-electron chi connectivity index (χ3n) is 6.38. The largest absolute Gasteiger partial charge is 0.382 e. The Balaban J connectivity index is 1.44. The van der Waals surface area contributed by atoms with Crippen LogP contribution in [0.15, 0.2) is 89.5 Å². The molecule has 35 heavy (non-hydrogen) atoms. The third kappa shape index (κ3) is 3.26. The van der Waals surface area contributed by atoms with Gasteiger partial charge in [-0.1, -0.05) is 70.9 Å². The summed E-state index contributed by atoms with van der Waals surface area (Å²) in [4.78, 5) is 10.9. The summed E-state index contributed by atoms with van der Waals surface area (Å²) in [6.07, 6.45) is 6.07. The molecule has 1 aliphatic rings. The minimum atomic E-state index is -0.170. The summed E-state index contributed by atoms with van der Waals surface area (Å²) < 4.78 is 4.06. The number of nitrogens with zero attached hydrogens (tertiary/aromatic N) is 6. The first kappa shape index (κ1) is 20.1. The van der Waals surface area contributed by atoms with Gasteiger partial charge in [0.05, 0.1) is 11.2 Å². The highest BCUT2D eigenvalue weighted by molar-refractivity contribution is 7.06. The highest BCUT2D eigenvalue weighted by atomic mass is 32.1. The van der Waals surface area contributed by atoms with Crippen molar-refractivity contribution in [2.45, 2.75) is 12.6 Å². The first-order valence-corrected chi connectivity index (χ1v) is 12.2. The van der Waals surface area contributed by atoms with Gasteiger partial charge in [-0.3, -0.25) is 4.40 Å². The first-order chi connectivity index (χ1) is 17.3. The zero-order valence-electron chi connectivity index (χ0n) is 18.6. The molecule has 7 rings (SSSR count). The summed E-state index contributed by atoms with van der Waals surface area (Å²) >= 11 is 1.61. The molecule has 7 nitrogen and oxygen atoms in total. The topological polar surface area (TPSA) is 87.4 Å².